The summed E-state index contributed by atoms with van der Waals surface area (Å²) >= 11 is 0. The van der Waals surface area contributed by atoms with Gasteiger partial charge in [0.05, 0.1) is 0 Å². The summed E-state index contributed by atoms with van der Waals surface area (Å²) in [6.45, 7) is 4.83. The summed E-state index contributed by atoms with van der Waals surface area (Å²) < 4.78 is 0. The molecule has 3 nitrogen and oxygen atoms in total. The minimum atomic E-state index is 0. The number of hydrogen-bond donors (Lipinski definition) is 2. The Labute approximate surface area is 115 Å². The highest BCUT2D eigenvalue weighted by molar-refractivity contribution is 5.94. The van der Waals surface area contributed by atoms with Gasteiger partial charge in [-0.05, 0) is 44.4 Å². The first-order valence-electron chi connectivity index (χ1n) is 6.28. The Kier molecular flexibility index (Phi) is 5.63. The summed E-state index contributed by atoms with van der Waals surface area (Å²) in [5.74, 6) is 0.00158. The average Bonchev–Trinajstić information content (AvgIpc) is 3.10. The van der Waals surface area contributed by atoms with Crippen molar-refractivity contribution in [1.29, 1.82) is 0 Å². The van der Waals surface area contributed by atoms with Crippen LogP contribution in [0.4, 0.5) is 0 Å². The molecule has 1 aromatic rings. The predicted octanol–water partition coefficient (Wildman–Crippen LogP) is 2.50. The summed E-state index contributed by atoms with van der Waals surface area (Å²) in [5.41, 5.74) is 1.96. The number of hydrogen-bond acceptors (Lipinski definition) is 2. The molecule has 0 radical (unpaired) electrons. The van der Waals surface area contributed by atoms with Crippen LogP contribution in [-0.2, 0) is 6.54 Å². The second-order valence-corrected chi connectivity index (χ2v) is 4.98. The summed E-state index contributed by atoms with van der Waals surface area (Å²) in [4.78, 5) is 11.7. The van der Waals surface area contributed by atoms with Gasteiger partial charge in [-0.25, -0.2) is 0 Å². The fourth-order valence-corrected chi connectivity index (χ4v) is 1.67. The molecule has 1 fully saturated rings. The molecule has 0 heterocycles. The number of rotatable bonds is 5. The van der Waals surface area contributed by atoms with Crippen LogP contribution in [0.25, 0.3) is 0 Å². The summed E-state index contributed by atoms with van der Waals surface area (Å²) in [5, 5.41) is 6.34. The number of benzene rings is 1. The molecule has 0 atom stereocenters. The third-order valence-corrected chi connectivity index (χ3v) is 2.81. The number of nitrogens with one attached hydrogen (secondary N) is 2. The van der Waals surface area contributed by atoms with Crippen molar-refractivity contribution in [3.63, 3.8) is 0 Å². The zero-order valence-electron chi connectivity index (χ0n) is 10.9. The van der Waals surface area contributed by atoms with Gasteiger partial charge in [0, 0.05) is 24.2 Å². The van der Waals surface area contributed by atoms with Gasteiger partial charge >= 0.3 is 0 Å². The van der Waals surface area contributed by atoms with E-state index in [1.165, 1.54) is 18.4 Å². The molecule has 0 aliphatic heterocycles. The number of halogens is 1. The molecule has 1 aliphatic carbocycles. The van der Waals surface area contributed by atoms with E-state index in [2.05, 4.69) is 10.6 Å². The van der Waals surface area contributed by atoms with Crippen molar-refractivity contribution in [2.75, 3.05) is 0 Å². The van der Waals surface area contributed by atoms with Gasteiger partial charge in [-0.2, -0.15) is 0 Å². The van der Waals surface area contributed by atoms with E-state index in [0.29, 0.717) is 0 Å². The van der Waals surface area contributed by atoms with Crippen LogP contribution in [0.1, 0.15) is 42.6 Å². The molecule has 1 aromatic carbocycles. The standard InChI is InChI=1S/C14H20N2O.ClH/c1-10(2)16-14(17)12-5-3-11(4-6-12)9-15-13-7-8-13;/h3-6,10,13,15H,7-9H2,1-2H3,(H,16,17);1H. The highest BCUT2D eigenvalue weighted by Gasteiger charge is 2.19. The Morgan fingerprint density at radius 1 is 1.28 bits per heavy atom. The van der Waals surface area contributed by atoms with Gasteiger partial charge in [-0.15, -0.1) is 12.4 Å². The van der Waals surface area contributed by atoms with Crippen LogP contribution in [-0.4, -0.2) is 18.0 Å². The molecule has 0 aromatic heterocycles. The van der Waals surface area contributed by atoms with E-state index in [1.807, 2.05) is 38.1 Å². The molecule has 1 amide bonds. The SMILES string of the molecule is CC(C)NC(=O)c1ccc(CNC2CC2)cc1.Cl. The van der Waals surface area contributed by atoms with Crippen LogP contribution in [0, 0.1) is 0 Å². The summed E-state index contributed by atoms with van der Waals surface area (Å²) in [6.07, 6.45) is 2.60. The Balaban J connectivity index is 0.00000162. The molecule has 4 heteroatoms. The second kappa shape index (κ2) is 6.76. The number of carbonyl (C=O) groups is 1. The molecule has 0 bridgehead atoms. The Bertz CT molecular complexity index is 385. The maximum absolute atomic E-state index is 11.7. The van der Waals surface area contributed by atoms with Crippen molar-refractivity contribution >= 4 is 18.3 Å². The van der Waals surface area contributed by atoms with E-state index in [-0.39, 0.29) is 24.4 Å². The van der Waals surface area contributed by atoms with E-state index in [9.17, 15) is 4.79 Å². The van der Waals surface area contributed by atoms with Crippen molar-refractivity contribution in [3.05, 3.63) is 35.4 Å². The van der Waals surface area contributed by atoms with E-state index in [1.54, 1.807) is 0 Å². The Hall–Kier alpha value is -1.06. The monoisotopic (exact) mass is 268 g/mol. The van der Waals surface area contributed by atoms with Crippen molar-refractivity contribution in [1.82, 2.24) is 10.6 Å². The normalized spacial score (nSPS) is 14.2. The number of carbonyl (C=O) groups excluding carboxylic acids is 1. The molecule has 0 saturated heterocycles. The van der Waals surface area contributed by atoms with Crippen molar-refractivity contribution in [3.8, 4) is 0 Å². The van der Waals surface area contributed by atoms with Crippen LogP contribution in [0.2, 0.25) is 0 Å². The molecule has 1 aliphatic rings. The quantitative estimate of drug-likeness (QED) is 0.862. The molecule has 0 unspecified atom stereocenters. The smallest absolute Gasteiger partial charge is 0.251 e. The Morgan fingerprint density at radius 3 is 2.39 bits per heavy atom. The van der Waals surface area contributed by atoms with Crippen LogP contribution in [0.5, 0.6) is 0 Å². The lowest BCUT2D eigenvalue weighted by molar-refractivity contribution is 0.0943. The van der Waals surface area contributed by atoms with E-state index >= 15 is 0 Å². The van der Waals surface area contributed by atoms with Crippen LogP contribution in [0.3, 0.4) is 0 Å². The summed E-state index contributed by atoms with van der Waals surface area (Å²) in [6, 6.07) is 8.72. The topological polar surface area (TPSA) is 41.1 Å². The molecule has 2 rings (SSSR count). The molecule has 2 N–H and O–H groups in total. The highest BCUT2D eigenvalue weighted by Crippen LogP contribution is 2.19. The van der Waals surface area contributed by atoms with Crippen molar-refractivity contribution < 1.29 is 4.79 Å². The van der Waals surface area contributed by atoms with Gasteiger partial charge in [0.25, 0.3) is 5.91 Å². The first-order valence-corrected chi connectivity index (χ1v) is 6.28. The van der Waals surface area contributed by atoms with Gasteiger partial charge in [0.2, 0.25) is 0 Å². The molecule has 100 valence electrons. The largest absolute Gasteiger partial charge is 0.350 e. The highest BCUT2D eigenvalue weighted by atomic mass is 35.5. The van der Waals surface area contributed by atoms with E-state index in [0.717, 1.165) is 18.2 Å². The third-order valence-electron chi connectivity index (χ3n) is 2.81. The first kappa shape index (κ1) is 15.0. The maximum atomic E-state index is 11.7. The van der Waals surface area contributed by atoms with Gasteiger partial charge in [0.15, 0.2) is 0 Å². The van der Waals surface area contributed by atoms with Gasteiger partial charge in [0.1, 0.15) is 0 Å². The Morgan fingerprint density at radius 2 is 1.89 bits per heavy atom. The molecule has 18 heavy (non-hydrogen) atoms. The lowest BCUT2D eigenvalue weighted by Crippen LogP contribution is -2.30. The van der Waals surface area contributed by atoms with Gasteiger partial charge < -0.3 is 10.6 Å². The lowest BCUT2D eigenvalue weighted by Gasteiger charge is -2.09. The summed E-state index contributed by atoms with van der Waals surface area (Å²) in [7, 11) is 0. The second-order valence-electron chi connectivity index (χ2n) is 4.98. The first-order chi connectivity index (χ1) is 8.15. The lowest BCUT2D eigenvalue weighted by atomic mass is 10.1. The van der Waals surface area contributed by atoms with Crippen LogP contribution < -0.4 is 10.6 Å². The van der Waals surface area contributed by atoms with Crippen molar-refractivity contribution in [2.24, 2.45) is 0 Å². The van der Waals surface area contributed by atoms with Crippen LogP contribution in [0.15, 0.2) is 24.3 Å². The fourth-order valence-electron chi connectivity index (χ4n) is 1.67. The zero-order valence-corrected chi connectivity index (χ0v) is 11.7. The molecule has 1 saturated carbocycles. The fraction of sp³-hybridized carbons (Fsp3) is 0.500. The minimum absolute atomic E-state index is 0. The van der Waals surface area contributed by atoms with Gasteiger partial charge in [-0.1, -0.05) is 12.1 Å². The van der Waals surface area contributed by atoms with Crippen molar-refractivity contribution in [2.45, 2.75) is 45.3 Å². The average molecular weight is 269 g/mol. The molecular formula is C14H21ClN2O. The van der Waals surface area contributed by atoms with E-state index in [4.69, 9.17) is 0 Å². The molecule has 0 spiro atoms. The van der Waals surface area contributed by atoms with Gasteiger partial charge in [-0.3, -0.25) is 4.79 Å². The maximum Gasteiger partial charge on any atom is 0.251 e. The zero-order chi connectivity index (χ0) is 12.3. The molecular weight excluding hydrogens is 248 g/mol. The predicted molar refractivity (Wildman–Crippen MR) is 76.2 cm³/mol. The number of amides is 1. The third kappa shape index (κ3) is 4.67. The van der Waals surface area contributed by atoms with Crippen LogP contribution >= 0.6 is 12.4 Å². The van der Waals surface area contributed by atoms with E-state index < -0.39 is 0 Å². The minimum Gasteiger partial charge on any atom is -0.350 e.